The van der Waals surface area contributed by atoms with Crippen LogP contribution in [-0.4, -0.2) is 66.2 Å². The Morgan fingerprint density at radius 1 is 0.963 bits per heavy atom. The molecule has 4 amide bonds. The molecule has 1 unspecified atom stereocenters. The van der Waals surface area contributed by atoms with Crippen LogP contribution in [0.15, 0.2) is 24.3 Å². The number of methoxy groups -OCH3 is 1. The number of imide groups is 1. The third-order valence-electron chi connectivity index (χ3n) is 5.49. The Kier molecular flexibility index (Phi) is 4.33. The number of amides is 4. The van der Waals surface area contributed by atoms with E-state index in [9.17, 15) is 19.2 Å². The number of hydrogen-bond donors (Lipinski definition) is 0. The lowest BCUT2D eigenvalue weighted by Crippen LogP contribution is -2.63. The molecule has 0 aliphatic carbocycles. The highest BCUT2D eigenvalue weighted by atomic mass is 16.5. The molecule has 3 heterocycles. The molecule has 27 heavy (non-hydrogen) atoms. The summed E-state index contributed by atoms with van der Waals surface area (Å²) >= 11 is 0. The van der Waals surface area contributed by atoms with Gasteiger partial charge in [-0.1, -0.05) is 0 Å². The van der Waals surface area contributed by atoms with Crippen LogP contribution < -0.4 is 9.64 Å². The minimum Gasteiger partial charge on any atom is -0.497 e. The van der Waals surface area contributed by atoms with Crippen molar-refractivity contribution in [2.24, 2.45) is 5.92 Å². The molecule has 0 aromatic heterocycles. The molecule has 1 aromatic rings. The summed E-state index contributed by atoms with van der Waals surface area (Å²) in [5.41, 5.74) is 0.742. The van der Waals surface area contributed by atoms with Crippen molar-refractivity contribution in [1.82, 2.24) is 9.80 Å². The van der Waals surface area contributed by atoms with Crippen LogP contribution in [0.1, 0.15) is 19.3 Å². The number of likely N-dealkylation sites (tertiary alicyclic amines) is 2. The maximum atomic E-state index is 12.7. The Morgan fingerprint density at radius 3 is 2.19 bits per heavy atom. The van der Waals surface area contributed by atoms with Crippen molar-refractivity contribution in [3.8, 4) is 5.75 Å². The second kappa shape index (κ2) is 6.68. The van der Waals surface area contributed by atoms with Gasteiger partial charge in [0.05, 0.1) is 19.1 Å². The van der Waals surface area contributed by atoms with Gasteiger partial charge in [0.25, 0.3) is 0 Å². The number of anilines is 1. The van der Waals surface area contributed by atoms with Gasteiger partial charge < -0.3 is 14.5 Å². The lowest BCUT2D eigenvalue weighted by molar-refractivity contribution is -0.153. The van der Waals surface area contributed by atoms with Crippen molar-refractivity contribution in [2.45, 2.75) is 25.3 Å². The Balaban J connectivity index is 1.36. The van der Waals surface area contributed by atoms with Gasteiger partial charge in [-0.3, -0.25) is 24.1 Å². The quantitative estimate of drug-likeness (QED) is 0.716. The smallest absolute Gasteiger partial charge is 0.230 e. The van der Waals surface area contributed by atoms with E-state index in [1.807, 2.05) is 0 Å². The molecule has 3 aliphatic rings. The highest BCUT2D eigenvalue weighted by Gasteiger charge is 2.45. The second-order valence-electron chi connectivity index (χ2n) is 7.16. The van der Waals surface area contributed by atoms with Gasteiger partial charge in [-0.25, -0.2) is 0 Å². The number of carbonyl (C=O) groups is 4. The molecule has 3 saturated heterocycles. The maximum Gasteiger partial charge on any atom is 0.230 e. The molecule has 3 aliphatic heterocycles. The molecule has 0 spiro atoms. The number of hydrogen-bond acceptors (Lipinski definition) is 5. The largest absolute Gasteiger partial charge is 0.497 e. The summed E-state index contributed by atoms with van der Waals surface area (Å²) in [5, 5.41) is 0. The van der Waals surface area contributed by atoms with Gasteiger partial charge in [-0.2, -0.15) is 0 Å². The Morgan fingerprint density at radius 2 is 1.59 bits per heavy atom. The van der Waals surface area contributed by atoms with Crippen molar-refractivity contribution in [1.29, 1.82) is 0 Å². The van der Waals surface area contributed by atoms with Gasteiger partial charge >= 0.3 is 0 Å². The van der Waals surface area contributed by atoms with Gasteiger partial charge in [0.2, 0.25) is 23.6 Å². The summed E-state index contributed by atoms with van der Waals surface area (Å²) in [7, 11) is 1.58. The van der Waals surface area contributed by atoms with E-state index in [1.165, 1.54) is 4.90 Å². The van der Waals surface area contributed by atoms with Gasteiger partial charge in [-0.05, 0) is 24.3 Å². The minimum absolute atomic E-state index is 0.0829. The molecule has 3 fully saturated rings. The molecular weight excluding hydrogens is 350 g/mol. The highest BCUT2D eigenvalue weighted by Crippen LogP contribution is 2.30. The van der Waals surface area contributed by atoms with E-state index in [-0.39, 0.29) is 48.9 Å². The predicted octanol–water partition coefficient (Wildman–Crippen LogP) is 0.408. The Hall–Kier alpha value is -2.90. The number of carbonyl (C=O) groups excluding carboxylic acids is 4. The van der Waals surface area contributed by atoms with Gasteiger partial charge in [0.1, 0.15) is 5.75 Å². The molecule has 0 bridgehead atoms. The fourth-order valence-corrected chi connectivity index (χ4v) is 3.94. The van der Waals surface area contributed by atoms with Crippen LogP contribution in [0.2, 0.25) is 0 Å². The first-order valence-corrected chi connectivity index (χ1v) is 9.06. The molecule has 0 saturated carbocycles. The molecule has 4 rings (SSSR count). The fraction of sp³-hybridized carbons (Fsp3) is 0.474. The van der Waals surface area contributed by atoms with Crippen LogP contribution in [-0.2, 0) is 19.2 Å². The third-order valence-corrected chi connectivity index (χ3v) is 5.49. The summed E-state index contributed by atoms with van der Waals surface area (Å²) in [6, 6.07) is 6.94. The third kappa shape index (κ3) is 3.05. The van der Waals surface area contributed by atoms with Crippen LogP contribution in [0.25, 0.3) is 0 Å². The van der Waals surface area contributed by atoms with Gasteiger partial charge in [0.15, 0.2) is 0 Å². The molecular formula is C19H21N3O5. The molecule has 1 aromatic carbocycles. The van der Waals surface area contributed by atoms with Crippen LogP contribution in [0, 0.1) is 5.92 Å². The lowest BCUT2D eigenvalue weighted by atomic mass is 10.0. The first-order valence-electron chi connectivity index (χ1n) is 9.06. The van der Waals surface area contributed by atoms with Crippen LogP contribution in [0.5, 0.6) is 5.75 Å². The lowest BCUT2D eigenvalue weighted by Gasteiger charge is -2.43. The SMILES string of the molecule is COc1ccc(N2CC(C(=O)N3CC(N4C(=O)CCC4=O)C3)CC2=O)cc1. The first-order chi connectivity index (χ1) is 13.0. The van der Waals surface area contributed by atoms with Gasteiger partial charge in [0, 0.05) is 44.6 Å². The van der Waals surface area contributed by atoms with Crippen molar-refractivity contribution >= 4 is 29.3 Å². The van der Waals surface area contributed by atoms with E-state index in [0.717, 1.165) is 5.69 Å². The average molecular weight is 371 g/mol. The minimum atomic E-state index is -0.398. The summed E-state index contributed by atoms with van der Waals surface area (Å²) in [5.74, 6) is -0.172. The van der Waals surface area contributed by atoms with E-state index < -0.39 is 5.92 Å². The summed E-state index contributed by atoms with van der Waals surface area (Å²) < 4.78 is 5.12. The zero-order valence-electron chi connectivity index (χ0n) is 15.1. The predicted molar refractivity (Wildman–Crippen MR) is 94.9 cm³/mol. The topological polar surface area (TPSA) is 87.2 Å². The second-order valence-corrected chi connectivity index (χ2v) is 7.16. The van der Waals surface area contributed by atoms with Crippen molar-refractivity contribution < 1.29 is 23.9 Å². The zero-order valence-corrected chi connectivity index (χ0v) is 15.1. The Labute approximate surface area is 156 Å². The van der Waals surface area contributed by atoms with Crippen LogP contribution >= 0.6 is 0 Å². The monoisotopic (exact) mass is 371 g/mol. The highest BCUT2D eigenvalue weighted by molar-refractivity contribution is 6.03. The zero-order chi connectivity index (χ0) is 19.1. The standard InChI is InChI=1S/C19H21N3O5/c1-27-15-4-2-13(3-5-15)21-9-12(8-18(21)25)19(26)20-10-14(11-20)22-16(23)6-7-17(22)24/h2-5,12,14H,6-11H2,1H3. The number of benzene rings is 1. The summed E-state index contributed by atoms with van der Waals surface area (Å²) in [6.45, 7) is 1.07. The molecule has 142 valence electrons. The first kappa shape index (κ1) is 17.5. The van der Waals surface area contributed by atoms with Crippen molar-refractivity contribution in [2.75, 3.05) is 31.6 Å². The normalized spacial score (nSPS) is 23.2. The van der Waals surface area contributed by atoms with E-state index >= 15 is 0 Å². The summed E-state index contributed by atoms with van der Waals surface area (Å²) in [6.07, 6.45) is 0.696. The van der Waals surface area contributed by atoms with Gasteiger partial charge in [-0.15, -0.1) is 0 Å². The molecule has 1 atom stereocenters. The van der Waals surface area contributed by atoms with E-state index in [2.05, 4.69) is 0 Å². The maximum absolute atomic E-state index is 12.7. The number of rotatable bonds is 4. The summed E-state index contributed by atoms with van der Waals surface area (Å²) in [4.78, 5) is 53.2. The Bertz CT molecular complexity index is 784. The fourth-order valence-electron chi connectivity index (χ4n) is 3.94. The molecule has 0 radical (unpaired) electrons. The van der Waals surface area contributed by atoms with Crippen molar-refractivity contribution in [3.05, 3.63) is 24.3 Å². The molecule has 0 N–H and O–H groups in total. The number of ether oxygens (including phenoxy) is 1. The average Bonchev–Trinajstić information content (AvgIpc) is 3.17. The number of nitrogens with zero attached hydrogens (tertiary/aromatic N) is 3. The van der Waals surface area contributed by atoms with Crippen LogP contribution in [0.3, 0.4) is 0 Å². The van der Waals surface area contributed by atoms with Crippen molar-refractivity contribution in [3.63, 3.8) is 0 Å². The van der Waals surface area contributed by atoms with E-state index in [4.69, 9.17) is 4.74 Å². The molecule has 8 heteroatoms. The van der Waals surface area contributed by atoms with Crippen LogP contribution in [0.4, 0.5) is 5.69 Å². The molecule has 8 nitrogen and oxygen atoms in total. The van der Waals surface area contributed by atoms with E-state index in [0.29, 0.717) is 25.4 Å². The van der Waals surface area contributed by atoms with E-state index in [1.54, 1.807) is 41.2 Å².